The van der Waals surface area contributed by atoms with E-state index in [1.165, 1.54) is 17.4 Å². The van der Waals surface area contributed by atoms with E-state index in [-0.39, 0.29) is 5.91 Å². The Kier molecular flexibility index (Phi) is 3.75. The van der Waals surface area contributed by atoms with Crippen molar-refractivity contribution in [3.8, 4) is 0 Å². The second kappa shape index (κ2) is 5.55. The molecule has 2 aromatic rings. The summed E-state index contributed by atoms with van der Waals surface area (Å²) < 4.78 is 0. The van der Waals surface area contributed by atoms with Gasteiger partial charge in [-0.15, -0.1) is 0 Å². The Hall–Kier alpha value is -1.77. The van der Waals surface area contributed by atoms with Crippen molar-refractivity contribution in [1.82, 2.24) is 9.88 Å². The highest BCUT2D eigenvalue weighted by Gasteiger charge is 2.22. The molecule has 1 saturated heterocycles. The summed E-state index contributed by atoms with van der Waals surface area (Å²) in [6.45, 7) is 8.23. The highest BCUT2D eigenvalue weighted by molar-refractivity contribution is 6.06. The summed E-state index contributed by atoms with van der Waals surface area (Å²) in [5, 5.41) is 1.17. The zero-order chi connectivity index (χ0) is 15.0. The van der Waals surface area contributed by atoms with Crippen LogP contribution in [0.25, 0.3) is 10.9 Å². The lowest BCUT2D eigenvalue weighted by atomic mass is 10.0. The van der Waals surface area contributed by atoms with Crippen molar-refractivity contribution in [2.75, 3.05) is 13.1 Å². The normalized spacial score (nSPS) is 19.8. The summed E-state index contributed by atoms with van der Waals surface area (Å²) in [5.41, 5.74) is 4.20. The maximum absolute atomic E-state index is 12.9. The number of rotatable bonds is 1. The zero-order valence-corrected chi connectivity index (χ0v) is 13.2. The Bertz CT molecular complexity index is 671. The van der Waals surface area contributed by atoms with Gasteiger partial charge in [-0.05, 0) is 50.7 Å². The molecule has 3 nitrogen and oxygen atoms in total. The second-order valence-electron chi connectivity index (χ2n) is 6.43. The van der Waals surface area contributed by atoms with Gasteiger partial charge in [0.25, 0.3) is 5.91 Å². The fraction of sp³-hybridized carbons (Fsp3) is 0.500. The predicted molar refractivity (Wildman–Crippen MR) is 86.7 cm³/mol. The van der Waals surface area contributed by atoms with Gasteiger partial charge in [0.05, 0.1) is 11.1 Å². The molecule has 1 aliphatic heterocycles. The maximum atomic E-state index is 12.9. The molecule has 1 N–H and O–H groups in total. The number of likely N-dealkylation sites (tertiary alicyclic amines) is 1. The van der Waals surface area contributed by atoms with Gasteiger partial charge in [0.15, 0.2) is 0 Å². The van der Waals surface area contributed by atoms with E-state index in [0.29, 0.717) is 0 Å². The van der Waals surface area contributed by atoms with Gasteiger partial charge in [-0.25, -0.2) is 0 Å². The molecule has 0 saturated carbocycles. The number of nitrogens with zero attached hydrogens (tertiary/aromatic N) is 1. The van der Waals surface area contributed by atoms with Crippen molar-refractivity contribution < 1.29 is 4.79 Å². The largest absolute Gasteiger partial charge is 0.358 e. The van der Waals surface area contributed by atoms with E-state index in [1.54, 1.807) is 0 Å². The Morgan fingerprint density at radius 2 is 2.05 bits per heavy atom. The van der Waals surface area contributed by atoms with Gasteiger partial charge in [0.1, 0.15) is 0 Å². The molecule has 3 heteroatoms. The minimum Gasteiger partial charge on any atom is -0.358 e. The molecule has 1 atom stereocenters. The minimum absolute atomic E-state index is 0.177. The standard InChI is InChI=1S/C18H24N2O/c1-12-6-5-10-20(11-9-12)18(21)16-8-4-7-15-13(2)14(3)19-17(15)16/h4,7-8,12,19H,5-6,9-11H2,1-3H3. The monoisotopic (exact) mass is 284 g/mol. The first-order valence-corrected chi connectivity index (χ1v) is 7.95. The Labute approximate surface area is 126 Å². The molecule has 0 aliphatic carbocycles. The average molecular weight is 284 g/mol. The third-order valence-corrected chi connectivity index (χ3v) is 4.88. The molecule has 3 rings (SSSR count). The van der Waals surface area contributed by atoms with Crippen LogP contribution in [-0.2, 0) is 0 Å². The summed E-state index contributed by atoms with van der Waals surface area (Å²) >= 11 is 0. The number of amides is 1. The number of hydrogen-bond acceptors (Lipinski definition) is 1. The van der Waals surface area contributed by atoms with Crippen molar-refractivity contribution in [3.63, 3.8) is 0 Å². The Morgan fingerprint density at radius 3 is 2.86 bits per heavy atom. The summed E-state index contributed by atoms with van der Waals surface area (Å²) in [6.07, 6.45) is 3.46. The van der Waals surface area contributed by atoms with Crippen LogP contribution in [0.5, 0.6) is 0 Å². The van der Waals surface area contributed by atoms with Gasteiger partial charge in [-0.2, -0.15) is 0 Å². The SMILES string of the molecule is Cc1[nH]c2c(C(=O)N3CCCC(C)CC3)cccc2c1C. The third-order valence-electron chi connectivity index (χ3n) is 4.88. The number of carbonyl (C=O) groups excluding carboxylic acids is 1. The van der Waals surface area contributed by atoms with Crippen LogP contribution < -0.4 is 0 Å². The maximum Gasteiger partial charge on any atom is 0.255 e. The number of hydrogen-bond donors (Lipinski definition) is 1. The smallest absolute Gasteiger partial charge is 0.255 e. The van der Waals surface area contributed by atoms with Crippen LogP contribution in [-0.4, -0.2) is 28.9 Å². The van der Waals surface area contributed by atoms with E-state index in [0.717, 1.165) is 48.6 Å². The molecule has 0 bridgehead atoms. The highest BCUT2D eigenvalue weighted by atomic mass is 16.2. The first kappa shape index (κ1) is 14.2. The van der Waals surface area contributed by atoms with Crippen LogP contribution in [0, 0.1) is 19.8 Å². The van der Waals surface area contributed by atoms with Crippen molar-refractivity contribution in [2.24, 2.45) is 5.92 Å². The van der Waals surface area contributed by atoms with Gasteiger partial charge >= 0.3 is 0 Å². The molecule has 1 fully saturated rings. The highest BCUT2D eigenvalue weighted by Crippen LogP contribution is 2.26. The number of benzene rings is 1. The van der Waals surface area contributed by atoms with E-state index in [9.17, 15) is 4.79 Å². The lowest BCUT2D eigenvalue weighted by Gasteiger charge is -2.21. The molecule has 1 unspecified atom stereocenters. The van der Waals surface area contributed by atoms with E-state index in [4.69, 9.17) is 0 Å². The fourth-order valence-corrected chi connectivity index (χ4v) is 3.30. The molecular weight excluding hydrogens is 260 g/mol. The molecule has 0 spiro atoms. The summed E-state index contributed by atoms with van der Waals surface area (Å²) in [6, 6.07) is 6.04. The van der Waals surface area contributed by atoms with E-state index >= 15 is 0 Å². The van der Waals surface area contributed by atoms with Crippen LogP contribution in [0.1, 0.15) is 47.8 Å². The molecule has 21 heavy (non-hydrogen) atoms. The van der Waals surface area contributed by atoms with Gasteiger partial charge in [0.2, 0.25) is 0 Å². The number of fused-ring (bicyclic) bond motifs is 1. The quantitative estimate of drug-likeness (QED) is 0.842. The van der Waals surface area contributed by atoms with Gasteiger partial charge in [0, 0.05) is 24.2 Å². The van der Waals surface area contributed by atoms with Gasteiger partial charge in [-0.3, -0.25) is 4.79 Å². The van der Waals surface area contributed by atoms with Crippen molar-refractivity contribution in [2.45, 2.75) is 40.0 Å². The topological polar surface area (TPSA) is 36.1 Å². The molecule has 1 amide bonds. The van der Waals surface area contributed by atoms with E-state index in [2.05, 4.69) is 31.8 Å². The van der Waals surface area contributed by atoms with Crippen LogP contribution in [0.15, 0.2) is 18.2 Å². The molecule has 1 aromatic heterocycles. The fourth-order valence-electron chi connectivity index (χ4n) is 3.30. The number of aromatic amines is 1. The Morgan fingerprint density at radius 1 is 1.24 bits per heavy atom. The summed E-state index contributed by atoms with van der Waals surface area (Å²) in [7, 11) is 0. The number of aromatic nitrogens is 1. The first-order valence-electron chi connectivity index (χ1n) is 7.95. The molecular formula is C18H24N2O. The van der Waals surface area contributed by atoms with Crippen LogP contribution >= 0.6 is 0 Å². The molecule has 0 radical (unpaired) electrons. The number of para-hydroxylation sites is 1. The average Bonchev–Trinajstić information content (AvgIpc) is 2.65. The van der Waals surface area contributed by atoms with Crippen molar-refractivity contribution in [3.05, 3.63) is 35.0 Å². The van der Waals surface area contributed by atoms with Gasteiger partial charge in [-0.1, -0.05) is 19.1 Å². The van der Waals surface area contributed by atoms with Crippen molar-refractivity contribution >= 4 is 16.8 Å². The Balaban J connectivity index is 1.96. The lowest BCUT2D eigenvalue weighted by Crippen LogP contribution is -2.32. The lowest BCUT2D eigenvalue weighted by molar-refractivity contribution is 0.0762. The van der Waals surface area contributed by atoms with E-state index < -0.39 is 0 Å². The number of aryl methyl sites for hydroxylation is 2. The number of nitrogens with one attached hydrogen (secondary N) is 1. The van der Waals surface area contributed by atoms with E-state index in [1.807, 2.05) is 17.0 Å². The predicted octanol–water partition coefficient (Wildman–Crippen LogP) is 4.05. The second-order valence-corrected chi connectivity index (χ2v) is 6.43. The number of carbonyl (C=O) groups is 1. The van der Waals surface area contributed by atoms with Crippen LogP contribution in [0.4, 0.5) is 0 Å². The molecule has 112 valence electrons. The van der Waals surface area contributed by atoms with Crippen molar-refractivity contribution in [1.29, 1.82) is 0 Å². The number of H-pyrrole nitrogens is 1. The molecule has 2 heterocycles. The summed E-state index contributed by atoms with van der Waals surface area (Å²) in [5.74, 6) is 0.907. The van der Waals surface area contributed by atoms with Crippen LogP contribution in [0.2, 0.25) is 0 Å². The van der Waals surface area contributed by atoms with Gasteiger partial charge < -0.3 is 9.88 Å². The zero-order valence-electron chi connectivity index (χ0n) is 13.2. The molecule has 1 aliphatic rings. The minimum atomic E-state index is 0.177. The molecule has 1 aromatic carbocycles. The summed E-state index contributed by atoms with van der Waals surface area (Å²) in [4.78, 5) is 18.3. The third kappa shape index (κ3) is 2.57. The first-order chi connectivity index (χ1) is 10.1. The van der Waals surface area contributed by atoms with Crippen LogP contribution in [0.3, 0.4) is 0 Å².